The molecule has 3 aliphatic heterocycles. The predicted molar refractivity (Wildman–Crippen MR) is 373 cm³/mol. The molecular formula is C76H110O33. The third-order valence-electron chi connectivity index (χ3n) is 17.4. The number of cyclic esters (lactones) is 6. The molecule has 0 aromatic carbocycles. The van der Waals surface area contributed by atoms with E-state index in [4.69, 9.17) is 47.6 Å². The lowest BCUT2D eigenvalue weighted by molar-refractivity contribution is -0.193. The lowest BCUT2D eigenvalue weighted by atomic mass is 9.64. The highest BCUT2D eigenvalue weighted by Crippen LogP contribution is 2.41. The number of carbonyl (C=O) groups is 20. The number of ether oxygens (including phenoxy) is 9. The largest absolute Gasteiger partial charge is 0.469 e. The van der Waals surface area contributed by atoms with E-state index in [0.717, 1.165) is 0 Å². The molecule has 0 N–H and O–H groups in total. The van der Waals surface area contributed by atoms with E-state index in [1.54, 1.807) is 62.3 Å². The van der Waals surface area contributed by atoms with Crippen LogP contribution in [-0.2, 0) is 158 Å². The number of carbonyl (C=O) groups excluding carboxylic acids is 24. The third kappa shape index (κ3) is 43.2. The Morgan fingerprint density at radius 3 is 0.771 bits per heavy atom. The van der Waals surface area contributed by atoms with Crippen LogP contribution in [0.3, 0.4) is 0 Å². The van der Waals surface area contributed by atoms with Gasteiger partial charge in [0.15, 0.2) is 5.78 Å². The molecule has 5 saturated carbocycles. The lowest BCUT2D eigenvalue weighted by Gasteiger charge is -2.36. The minimum absolute atomic E-state index is 0.00662. The van der Waals surface area contributed by atoms with Gasteiger partial charge in [0.25, 0.3) is 0 Å². The summed E-state index contributed by atoms with van der Waals surface area (Å²) in [6.07, 6.45) is 2.68. The van der Waals surface area contributed by atoms with Crippen LogP contribution in [0.15, 0.2) is 0 Å². The van der Waals surface area contributed by atoms with Crippen molar-refractivity contribution in [2.45, 2.75) is 270 Å². The number of hydrogen-bond acceptors (Lipinski definition) is 33. The number of ketones is 11. The molecule has 8 fully saturated rings. The number of Topliss-reactive ketones (excluding diaryl/α,β-unsaturated/α-hetero) is 11. The molecule has 0 bridgehead atoms. The van der Waals surface area contributed by atoms with E-state index in [-0.39, 0.29) is 273 Å². The van der Waals surface area contributed by atoms with Crippen LogP contribution < -0.4 is 0 Å². The zero-order valence-electron chi connectivity index (χ0n) is 66.3. The standard InChI is InChI=1S/C11H16O4.C9H12O4.3C8H12O4.3C8H12O2.C6H10O3.2CO2/c1-10(2)5-8(13)11(3,6-7(10)12)9(14)15-4;1-5-3-8(11)6(4-7(5)10)9(12)13-2;3*1-5-3-7(9)12-6(2)4-8(10)11-5;3*1-5-3-8(10)6(2)4-7(5)9;1-5(7)3-4-6(8)9-2;2*2-1-3/h5-6H2,1-4H3;5-6H,3-4H2,1-2H3;3*5-6H,3-4H2,1-2H3;3*5-6H,3-4H2,1-2H3;3-4H2,1-2H3;;/t;;5-,6+;2*5-,6-;5-,6+;2*5-,6-;;;/m...10.10.../s1. The molecule has 8 aliphatic rings. The SMILES string of the molecule is COC(=O)C1(C)CC(=O)C(C)(C)CC1=O.COC(=O)C1CC(=O)C(C)CC1=O.COC(=O)CCC(C)=O.C[C@@H]1CC(=O)O[C@@H](C)CC(=O)O1.C[C@@H]1CC(=O)O[C@H](C)CC(=O)O1.C[C@@H]1CC(=O)[C@@H](C)CC1=O.C[C@@H]1CC(=O)[C@H](C)CC1=O.C[C@H]1CC(=O)O[C@@H](C)CC(=O)O1.C[C@H]1CC(=O)[C@@H](C)CC1=O.O=C=O.O=C=O. The van der Waals surface area contributed by atoms with Gasteiger partial charge in [-0.1, -0.05) is 62.3 Å². The summed E-state index contributed by atoms with van der Waals surface area (Å²) in [7, 11) is 3.76. The van der Waals surface area contributed by atoms with Crippen LogP contribution in [0.2, 0.25) is 0 Å². The van der Waals surface area contributed by atoms with Gasteiger partial charge < -0.3 is 47.4 Å². The van der Waals surface area contributed by atoms with Crippen molar-refractivity contribution in [2.24, 2.45) is 58.2 Å². The van der Waals surface area contributed by atoms with Crippen molar-refractivity contribution in [1.29, 1.82) is 0 Å². The average Bonchev–Trinajstić information content (AvgIpc) is 0.773. The van der Waals surface area contributed by atoms with Gasteiger partial charge in [-0.15, -0.1) is 0 Å². The molecule has 0 aromatic heterocycles. The third-order valence-corrected chi connectivity index (χ3v) is 17.4. The van der Waals surface area contributed by atoms with Gasteiger partial charge in [-0.2, -0.15) is 19.2 Å². The molecule has 0 radical (unpaired) electrons. The zero-order chi connectivity index (χ0) is 85.1. The molecule has 612 valence electrons. The van der Waals surface area contributed by atoms with Crippen LogP contribution in [0, 0.1) is 58.2 Å². The van der Waals surface area contributed by atoms with Gasteiger partial charge >= 0.3 is 66.0 Å². The zero-order valence-corrected chi connectivity index (χ0v) is 66.3. The van der Waals surface area contributed by atoms with Gasteiger partial charge in [0, 0.05) is 117 Å². The normalized spacial score (nSPS) is 28.4. The maximum atomic E-state index is 11.8. The fourth-order valence-corrected chi connectivity index (χ4v) is 10.6. The van der Waals surface area contributed by atoms with Crippen molar-refractivity contribution < 1.29 is 158 Å². The van der Waals surface area contributed by atoms with Gasteiger partial charge in [-0.3, -0.25) is 91.1 Å². The second kappa shape index (κ2) is 52.4. The Labute approximate surface area is 634 Å². The molecule has 0 aromatic rings. The summed E-state index contributed by atoms with van der Waals surface area (Å²) in [5, 5.41) is 0. The number of methoxy groups -OCH3 is 3. The van der Waals surface area contributed by atoms with Crippen LogP contribution in [0.25, 0.3) is 0 Å². The Balaban J connectivity index is -0.00000115. The Hall–Kier alpha value is -9.64. The van der Waals surface area contributed by atoms with Gasteiger partial charge in [0.1, 0.15) is 106 Å². The number of rotatable bonds is 5. The fraction of sp³-hybridized carbons (Fsp3) is 0.711. The second-order valence-electron chi connectivity index (χ2n) is 28.6. The van der Waals surface area contributed by atoms with Crippen molar-refractivity contribution in [2.75, 3.05) is 21.3 Å². The van der Waals surface area contributed by atoms with E-state index < -0.39 is 28.7 Å². The van der Waals surface area contributed by atoms with E-state index >= 15 is 0 Å². The van der Waals surface area contributed by atoms with Gasteiger partial charge in [-0.05, 0) is 55.4 Å². The maximum absolute atomic E-state index is 11.8. The molecule has 33 heteroatoms. The first-order chi connectivity index (χ1) is 50.3. The first kappa shape index (κ1) is 104. The minimum Gasteiger partial charge on any atom is -0.469 e. The highest BCUT2D eigenvalue weighted by Gasteiger charge is 2.52. The molecule has 3 saturated heterocycles. The fourth-order valence-electron chi connectivity index (χ4n) is 10.6. The summed E-state index contributed by atoms with van der Waals surface area (Å²) < 4.78 is 42.7. The van der Waals surface area contributed by atoms with Crippen molar-refractivity contribution in [3.05, 3.63) is 0 Å². The molecule has 109 heavy (non-hydrogen) atoms. The van der Waals surface area contributed by atoms with Gasteiger partial charge in [-0.25, -0.2) is 0 Å². The van der Waals surface area contributed by atoms with Crippen LogP contribution in [0.4, 0.5) is 0 Å². The van der Waals surface area contributed by atoms with Crippen molar-refractivity contribution in [3.8, 4) is 0 Å². The highest BCUT2D eigenvalue weighted by molar-refractivity contribution is 6.11. The van der Waals surface area contributed by atoms with E-state index in [2.05, 4.69) is 14.2 Å². The maximum Gasteiger partial charge on any atom is 0.373 e. The smallest absolute Gasteiger partial charge is 0.373 e. The van der Waals surface area contributed by atoms with E-state index in [0.29, 0.717) is 38.5 Å². The van der Waals surface area contributed by atoms with Crippen LogP contribution in [0.5, 0.6) is 0 Å². The second-order valence-corrected chi connectivity index (χ2v) is 28.6. The van der Waals surface area contributed by atoms with Crippen molar-refractivity contribution in [3.63, 3.8) is 0 Å². The van der Waals surface area contributed by atoms with E-state index in [1.165, 1.54) is 35.2 Å². The van der Waals surface area contributed by atoms with Crippen LogP contribution >= 0.6 is 0 Å². The minimum atomic E-state index is -1.28. The molecule has 15 atom stereocenters. The molecule has 33 nitrogen and oxygen atoms in total. The topological polar surface area (TPSA) is 493 Å². The summed E-state index contributed by atoms with van der Waals surface area (Å²) in [5.74, 6) is -3.61. The van der Waals surface area contributed by atoms with Gasteiger partial charge in [0.2, 0.25) is 0 Å². The Morgan fingerprint density at radius 1 is 0.330 bits per heavy atom. The first-order valence-corrected chi connectivity index (χ1v) is 35.5. The monoisotopic (exact) mass is 1550 g/mol. The number of hydrogen-bond donors (Lipinski definition) is 0. The van der Waals surface area contributed by atoms with Crippen LogP contribution in [0.1, 0.15) is 233 Å². The van der Waals surface area contributed by atoms with Crippen molar-refractivity contribution in [1.82, 2.24) is 0 Å². The predicted octanol–water partition coefficient (Wildman–Crippen LogP) is 6.33. The van der Waals surface area contributed by atoms with Gasteiger partial charge in [0.05, 0.1) is 66.3 Å². The van der Waals surface area contributed by atoms with Crippen molar-refractivity contribution >= 4 is 130 Å². The van der Waals surface area contributed by atoms with E-state index in [1.807, 2.05) is 41.5 Å². The lowest BCUT2D eigenvalue weighted by Crippen LogP contribution is -2.49. The summed E-state index contributed by atoms with van der Waals surface area (Å²) >= 11 is 0. The number of esters is 9. The first-order valence-electron chi connectivity index (χ1n) is 35.5. The summed E-state index contributed by atoms with van der Waals surface area (Å²) in [4.78, 5) is 253. The molecule has 5 aliphatic carbocycles. The molecule has 0 spiro atoms. The molecular weight excluding hydrogens is 1440 g/mol. The summed E-state index contributed by atoms with van der Waals surface area (Å²) in [6.45, 7) is 29.1. The molecule has 3 heterocycles. The molecule has 0 amide bonds. The average molecular weight is 1550 g/mol. The van der Waals surface area contributed by atoms with E-state index in [9.17, 15) is 95.9 Å². The Bertz CT molecular complexity index is 2900. The molecule has 3 unspecified atom stereocenters. The summed E-state index contributed by atoms with van der Waals surface area (Å²) in [6, 6.07) is 0. The quantitative estimate of drug-likeness (QED) is 0.165. The Kier molecular flexibility index (Phi) is 49.8. The molecule has 8 rings (SSSR count). The summed E-state index contributed by atoms with van der Waals surface area (Å²) in [5.41, 5.74) is -1.92. The van der Waals surface area contributed by atoms with Crippen LogP contribution in [-0.4, -0.2) is 188 Å². The Morgan fingerprint density at radius 2 is 0.560 bits per heavy atom. The highest BCUT2D eigenvalue weighted by atomic mass is 16.6.